The molecule has 1 fully saturated rings. The summed E-state index contributed by atoms with van der Waals surface area (Å²) in [4.78, 5) is 29.4. The first-order chi connectivity index (χ1) is 16.1. The van der Waals surface area contributed by atoms with E-state index in [4.69, 9.17) is 4.74 Å². The number of aromatic nitrogens is 2. The van der Waals surface area contributed by atoms with Crippen LogP contribution in [-0.2, 0) is 13.1 Å². The summed E-state index contributed by atoms with van der Waals surface area (Å²) in [5.74, 6) is 0.506. The van der Waals surface area contributed by atoms with E-state index < -0.39 is 0 Å². The van der Waals surface area contributed by atoms with Crippen molar-refractivity contribution in [2.75, 3.05) is 31.6 Å². The highest BCUT2D eigenvalue weighted by atomic mass is 16.5. The first-order valence-electron chi connectivity index (χ1n) is 11.5. The van der Waals surface area contributed by atoms with Gasteiger partial charge in [0.2, 0.25) is 0 Å². The molecule has 1 saturated heterocycles. The quantitative estimate of drug-likeness (QED) is 0.529. The number of rotatable bonds is 8. The average Bonchev–Trinajstić information content (AvgIpc) is 2.86. The molecule has 0 unspecified atom stereocenters. The maximum absolute atomic E-state index is 13.1. The first kappa shape index (κ1) is 22.6. The smallest absolute Gasteiger partial charge is 0.274 e. The molecule has 0 N–H and O–H groups in total. The van der Waals surface area contributed by atoms with E-state index in [0.717, 1.165) is 24.4 Å². The van der Waals surface area contributed by atoms with Gasteiger partial charge in [-0.05, 0) is 49.1 Å². The van der Waals surface area contributed by atoms with E-state index >= 15 is 0 Å². The molecular formula is C26H30N4O3. The van der Waals surface area contributed by atoms with Crippen LogP contribution in [0.1, 0.15) is 35.3 Å². The van der Waals surface area contributed by atoms with Crippen LogP contribution in [0.25, 0.3) is 0 Å². The molecule has 33 heavy (non-hydrogen) atoms. The number of ether oxygens (including phenoxy) is 1. The van der Waals surface area contributed by atoms with Crippen LogP contribution in [0.4, 0.5) is 5.69 Å². The molecule has 4 rings (SSSR count). The van der Waals surface area contributed by atoms with E-state index in [2.05, 4.69) is 22.1 Å². The lowest BCUT2D eigenvalue weighted by Gasteiger charge is -2.31. The van der Waals surface area contributed by atoms with Crippen LogP contribution in [0.15, 0.2) is 71.5 Å². The van der Waals surface area contributed by atoms with Crippen molar-refractivity contribution in [3.63, 3.8) is 0 Å². The number of piperidine rings is 1. The van der Waals surface area contributed by atoms with Crippen LogP contribution < -0.4 is 15.2 Å². The number of benzene rings is 2. The fourth-order valence-electron chi connectivity index (χ4n) is 4.10. The van der Waals surface area contributed by atoms with E-state index in [0.29, 0.717) is 6.54 Å². The Labute approximate surface area is 194 Å². The van der Waals surface area contributed by atoms with Gasteiger partial charge in [-0.1, -0.05) is 36.4 Å². The average molecular weight is 447 g/mol. The van der Waals surface area contributed by atoms with Gasteiger partial charge >= 0.3 is 0 Å². The number of carbonyl (C=O) groups excluding carboxylic acids is 1. The summed E-state index contributed by atoms with van der Waals surface area (Å²) < 4.78 is 6.95. The van der Waals surface area contributed by atoms with Crippen molar-refractivity contribution in [2.45, 2.75) is 32.4 Å². The predicted octanol–water partition coefficient (Wildman–Crippen LogP) is 3.58. The molecule has 7 nitrogen and oxygen atoms in total. The number of anilines is 1. The van der Waals surface area contributed by atoms with E-state index in [1.807, 2.05) is 42.5 Å². The number of nitrogens with zero attached hydrogens (tertiary/aromatic N) is 4. The summed E-state index contributed by atoms with van der Waals surface area (Å²) in [7, 11) is 1.77. The van der Waals surface area contributed by atoms with Gasteiger partial charge in [-0.25, -0.2) is 4.68 Å². The summed E-state index contributed by atoms with van der Waals surface area (Å²) >= 11 is 0. The Morgan fingerprint density at radius 1 is 0.970 bits per heavy atom. The van der Waals surface area contributed by atoms with E-state index in [-0.39, 0.29) is 30.3 Å². The Hall–Kier alpha value is -3.61. The second-order valence-electron chi connectivity index (χ2n) is 8.28. The third kappa shape index (κ3) is 5.80. The molecule has 0 bridgehead atoms. The minimum atomic E-state index is -0.263. The Balaban J connectivity index is 1.42. The Kier molecular flexibility index (Phi) is 7.40. The van der Waals surface area contributed by atoms with Crippen molar-refractivity contribution in [1.29, 1.82) is 0 Å². The SMILES string of the molecule is CN(Cc1ccccc1N1CCCCC1)C(=O)c1ccc(=O)n(CCOc2ccccc2)n1. The van der Waals surface area contributed by atoms with Gasteiger partial charge in [-0.3, -0.25) is 9.59 Å². The minimum absolute atomic E-state index is 0.221. The summed E-state index contributed by atoms with van der Waals surface area (Å²) in [6.45, 7) is 3.12. The molecule has 172 valence electrons. The van der Waals surface area contributed by atoms with Gasteiger partial charge in [0.1, 0.15) is 18.1 Å². The van der Waals surface area contributed by atoms with Gasteiger partial charge in [0.05, 0.1) is 6.54 Å². The summed E-state index contributed by atoms with van der Waals surface area (Å²) in [6.07, 6.45) is 3.67. The third-order valence-electron chi connectivity index (χ3n) is 5.84. The topological polar surface area (TPSA) is 67.7 Å². The molecule has 0 spiro atoms. The molecule has 1 aliphatic rings. The molecule has 3 aromatic rings. The van der Waals surface area contributed by atoms with E-state index in [9.17, 15) is 9.59 Å². The van der Waals surface area contributed by atoms with Crippen LogP contribution in [-0.4, -0.2) is 47.3 Å². The fourth-order valence-corrected chi connectivity index (χ4v) is 4.10. The van der Waals surface area contributed by atoms with Crippen LogP contribution in [0.5, 0.6) is 5.75 Å². The highest BCUT2D eigenvalue weighted by Crippen LogP contribution is 2.25. The molecule has 0 aliphatic carbocycles. The number of amides is 1. The number of carbonyl (C=O) groups is 1. The zero-order valence-corrected chi connectivity index (χ0v) is 19.0. The van der Waals surface area contributed by atoms with Crippen molar-refractivity contribution >= 4 is 11.6 Å². The van der Waals surface area contributed by atoms with Gasteiger partial charge in [0.15, 0.2) is 0 Å². The van der Waals surface area contributed by atoms with Gasteiger partial charge in [-0.2, -0.15) is 5.10 Å². The van der Waals surface area contributed by atoms with Gasteiger partial charge in [0.25, 0.3) is 11.5 Å². The van der Waals surface area contributed by atoms with Gasteiger partial charge < -0.3 is 14.5 Å². The van der Waals surface area contributed by atoms with E-state index in [1.165, 1.54) is 41.8 Å². The largest absolute Gasteiger partial charge is 0.492 e. The maximum atomic E-state index is 13.1. The number of hydrogen-bond donors (Lipinski definition) is 0. The van der Waals surface area contributed by atoms with Gasteiger partial charge in [-0.15, -0.1) is 0 Å². The molecule has 1 aliphatic heterocycles. The Bertz CT molecular complexity index is 1120. The molecule has 0 atom stereocenters. The highest BCUT2D eigenvalue weighted by molar-refractivity contribution is 5.92. The van der Waals surface area contributed by atoms with Crippen molar-refractivity contribution in [2.24, 2.45) is 0 Å². The predicted molar refractivity (Wildman–Crippen MR) is 129 cm³/mol. The number of para-hydroxylation sites is 2. The van der Waals surface area contributed by atoms with Crippen LogP contribution in [0.2, 0.25) is 0 Å². The molecular weight excluding hydrogens is 416 g/mol. The van der Waals surface area contributed by atoms with Crippen molar-refractivity contribution in [3.05, 3.63) is 88.3 Å². The first-order valence-corrected chi connectivity index (χ1v) is 11.5. The second-order valence-corrected chi connectivity index (χ2v) is 8.28. The zero-order chi connectivity index (χ0) is 23.0. The Morgan fingerprint density at radius 2 is 1.70 bits per heavy atom. The summed E-state index contributed by atoms with van der Waals surface area (Å²) in [6, 6.07) is 20.5. The van der Waals surface area contributed by atoms with Crippen molar-refractivity contribution in [3.8, 4) is 5.75 Å². The van der Waals surface area contributed by atoms with Crippen LogP contribution in [0, 0.1) is 0 Å². The molecule has 2 aromatic carbocycles. The zero-order valence-electron chi connectivity index (χ0n) is 19.0. The standard InChI is InChI=1S/C26H30N4O3/c1-28(20-21-10-6-7-13-24(21)29-16-8-3-9-17-29)26(32)23-14-15-25(31)30(27-23)18-19-33-22-11-4-2-5-12-22/h2,4-7,10-15H,3,8-9,16-20H2,1H3. The second kappa shape index (κ2) is 10.8. The lowest BCUT2D eigenvalue weighted by Crippen LogP contribution is -2.33. The monoisotopic (exact) mass is 446 g/mol. The summed E-state index contributed by atoms with van der Waals surface area (Å²) in [5.41, 5.74) is 2.28. The summed E-state index contributed by atoms with van der Waals surface area (Å²) in [5, 5.41) is 4.30. The molecule has 1 amide bonds. The normalized spacial score (nSPS) is 13.5. The lowest BCUT2D eigenvalue weighted by atomic mass is 10.1. The molecule has 0 radical (unpaired) electrons. The van der Waals surface area contributed by atoms with Crippen LogP contribution in [0.3, 0.4) is 0 Å². The molecule has 7 heteroatoms. The van der Waals surface area contributed by atoms with Crippen molar-refractivity contribution < 1.29 is 9.53 Å². The number of hydrogen-bond acceptors (Lipinski definition) is 5. The third-order valence-corrected chi connectivity index (χ3v) is 5.84. The van der Waals surface area contributed by atoms with Gasteiger partial charge in [0, 0.05) is 38.4 Å². The molecule has 2 heterocycles. The highest BCUT2D eigenvalue weighted by Gasteiger charge is 2.19. The lowest BCUT2D eigenvalue weighted by molar-refractivity contribution is 0.0776. The van der Waals surface area contributed by atoms with Crippen LogP contribution >= 0.6 is 0 Å². The van der Waals surface area contributed by atoms with Crippen molar-refractivity contribution in [1.82, 2.24) is 14.7 Å². The fraction of sp³-hybridized carbons (Fsp3) is 0.346. The van der Waals surface area contributed by atoms with E-state index in [1.54, 1.807) is 11.9 Å². The maximum Gasteiger partial charge on any atom is 0.274 e. The minimum Gasteiger partial charge on any atom is -0.492 e. The molecule has 0 saturated carbocycles. The Morgan fingerprint density at radius 3 is 2.48 bits per heavy atom. The molecule has 1 aromatic heterocycles.